The molecular formula is C16H23N3. The average molecular weight is 257 g/mol. The Hall–Kier alpha value is -1.53. The molecule has 0 bridgehead atoms. The van der Waals surface area contributed by atoms with Crippen LogP contribution in [0.2, 0.25) is 0 Å². The molecule has 102 valence electrons. The van der Waals surface area contributed by atoms with Gasteiger partial charge in [-0.1, -0.05) is 12.1 Å². The number of benzene rings is 1. The molecule has 3 heteroatoms. The highest BCUT2D eigenvalue weighted by molar-refractivity contribution is 5.56. The minimum Gasteiger partial charge on any atom is -0.368 e. The van der Waals surface area contributed by atoms with Crippen LogP contribution in [-0.2, 0) is 0 Å². The first kappa shape index (κ1) is 13.9. The molecule has 0 aliphatic carbocycles. The standard InChI is InChI=1S/C16H23N3/c1-12-6-5-7-15(13(12)2)19-10-14(8-9-17)18-16(3,4)11-19/h5-7,14,18H,8,10-11H2,1-4H3. The molecule has 1 heterocycles. The molecule has 2 rings (SSSR count). The maximum Gasteiger partial charge on any atom is 0.0638 e. The number of aryl methyl sites for hydroxylation is 1. The highest BCUT2D eigenvalue weighted by atomic mass is 15.2. The lowest BCUT2D eigenvalue weighted by molar-refractivity contribution is 0.291. The van der Waals surface area contributed by atoms with Gasteiger partial charge in [0.1, 0.15) is 0 Å². The van der Waals surface area contributed by atoms with Gasteiger partial charge in [-0.15, -0.1) is 0 Å². The van der Waals surface area contributed by atoms with Crippen LogP contribution in [0, 0.1) is 25.2 Å². The second-order valence-corrected chi connectivity index (χ2v) is 6.19. The summed E-state index contributed by atoms with van der Waals surface area (Å²) in [5.41, 5.74) is 4.01. The predicted molar refractivity (Wildman–Crippen MR) is 79.4 cm³/mol. The number of hydrogen-bond donors (Lipinski definition) is 1. The van der Waals surface area contributed by atoms with Crippen molar-refractivity contribution in [3.05, 3.63) is 29.3 Å². The van der Waals surface area contributed by atoms with Crippen LogP contribution in [0.5, 0.6) is 0 Å². The molecule has 0 spiro atoms. The molecule has 1 unspecified atom stereocenters. The molecule has 1 aromatic carbocycles. The van der Waals surface area contributed by atoms with E-state index in [1.165, 1.54) is 16.8 Å². The summed E-state index contributed by atoms with van der Waals surface area (Å²) >= 11 is 0. The van der Waals surface area contributed by atoms with Gasteiger partial charge in [-0.25, -0.2) is 0 Å². The maximum atomic E-state index is 8.94. The van der Waals surface area contributed by atoms with E-state index in [4.69, 9.17) is 5.26 Å². The summed E-state index contributed by atoms with van der Waals surface area (Å²) in [4.78, 5) is 2.42. The topological polar surface area (TPSA) is 39.1 Å². The van der Waals surface area contributed by atoms with E-state index in [-0.39, 0.29) is 11.6 Å². The summed E-state index contributed by atoms with van der Waals surface area (Å²) in [6, 6.07) is 8.98. The van der Waals surface area contributed by atoms with E-state index >= 15 is 0 Å². The molecule has 1 aliphatic heterocycles. The lowest BCUT2D eigenvalue weighted by Crippen LogP contribution is -2.62. The van der Waals surface area contributed by atoms with Crippen molar-refractivity contribution in [2.75, 3.05) is 18.0 Å². The molecule has 1 atom stereocenters. The molecule has 0 aromatic heterocycles. The molecular weight excluding hydrogens is 234 g/mol. The SMILES string of the molecule is Cc1cccc(N2CC(CC#N)NC(C)(C)C2)c1C. The monoisotopic (exact) mass is 257 g/mol. The number of hydrogen-bond acceptors (Lipinski definition) is 3. The second kappa shape index (κ2) is 5.22. The van der Waals surface area contributed by atoms with Crippen molar-refractivity contribution in [2.24, 2.45) is 0 Å². The highest BCUT2D eigenvalue weighted by Crippen LogP contribution is 2.27. The number of nitrogens with one attached hydrogen (secondary N) is 1. The fraction of sp³-hybridized carbons (Fsp3) is 0.562. The third-order valence-electron chi connectivity index (χ3n) is 3.88. The summed E-state index contributed by atoms with van der Waals surface area (Å²) in [6.07, 6.45) is 0.560. The highest BCUT2D eigenvalue weighted by Gasteiger charge is 2.32. The van der Waals surface area contributed by atoms with Crippen LogP contribution < -0.4 is 10.2 Å². The Morgan fingerprint density at radius 3 is 2.84 bits per heavy atom. The Bertz CT molecular complexity index is 499. The molecule has 1 aromatic rings. The normalized spacial score (nSPS) is 22.1. The van der Waals surface area contributed by atoms with Crippen LogP contribution >= 0.6 is 0 Å². The van der Waals surface area contributed by atoms with Crippen molar-refractivity contribution in [3.8, 4) is 6.07 Å². The van der Waals surface area contributed by atoms with Gasteiger partial charge in [0.2, 0.25) is 0 Å². The molecule has 1 saturated heterocycles. The van der Waals surface area contributed by atoms with Crippen LogP contribution in [0.25, 0.3) is 0 Å². The van der Waals surface area contributed by atoms with E-state index < -0.39 is 0 Å². The van der Waals surface area contributed by atoms with E-state index in [0.717, 1.165) is 13.1 Å². The van der Waals surface area contributed by atoms with Gasteiger partial charge < -0.3 is 10.2 Å². The van der Waals surface area contributed by atoms with E-state index in [9.17, 15) is 0 Å². The third-order valence-corrected chi connectivity index (χ3v) is 3.88. The van der Waals surface area contributed by atoms with Crippen molar-refractivity contribution in [3.63, 3.8) is 0 Å². The van der Waals surface area contributed by atoms with Gasteiger partial charge in [0, 0.05) is 30.4 Å². The molecule has 0 amide bonds. The number of nitrogens with zero attached hydrogens (tertiary/aromatic N) is 2. The van der Waals surface area contributed by atoms with Gasteiger partial charge in [0.25, 0.3) is 0 Å². The lowest BCUT2D eigenvalue weighted by Gasteiger charge is -2.45. The van der Waals surface area contributed by atoms with Crippen molar-refractivity contribution in [2.45, 2.75) is 45.7 Å². The Kier molecular flexibility index (Phi) is 3.82. The van der Waals surface area contributed by atoms with Crippen molar-refractivity contribution in [1.29, 1.82) is 5.26 Å². The number of rotatable bonds is 2. The zero-order valence-corrected chi connectivity index (χ0v) is 12.3. The first-order valence-corrected chi connectivity index (χ1v) is 6.89. The summed E-state index contributed by atoms with van der Waals surface area (Å²) < 4.78 is 0. The van der Waals surface area contributed by atoms with Crippen molar-refractivity contribution >= 4 is 5.69 Å². The molecule has 3 nitrogen and oxygen atoms in total. The average Bonchev–Trinajstić information content (AvgIpc) is 2.31. The van der Waals surface area contributed by atoms with Gasteiger partial charge in [-0.05, 0) is 44.9 Å². The summed E-state index contributed by atoms with van der Waals surface area (Å²) in [6.45, 7) is 10.6. The van der Waals surface area contributed by atoms with E-state index in [1.54, 1.807) is 0 Å². The Morgan fingerprint density at radius 1 is 1.42 bits per heavy atom. The van der Waals surface area contributed by atoms with Gasteiger partial charge in [0.15, 0.2) is 0 Å². The maximum absolute atomic E-state index is 8.94. The largest absolute Gasteiger partial charge is 0.368 e. The first-order valence-electron chi connectivity index (χ1n) is 6.89. The Balaban J connectivity index is 2.28. The zero-order valence-electron chi connectivity index (χ0n) is 12.3. The van der Waals surface area contributed by atoms with Crippen LogP contribution in [0.1, 0.15) is 31.4 Å². The molecule has 0 saturated carbocycles. The number of nitriles is 1. The van der Waals surface area contributed by atoms with Crippen LogP contribution in [0.4, 0.5) is 5.69 Å². The minimum atomic E-state index is 0.0377. The van der Waals surface area contributed by atoms with E-state index in [2.05, 4.69) is 62.2 Å². The van der Waals surface area contributed by atoms with E-state index in [0.29, 0.717) is 6.42 Å². The second-order valence-electron chi connectivity index (χ2n) is 6.19. The van der Waals surface area contributed by atoms with Crippen molar-refractivity contribution in [1.82, 2.24) is 5.32 Å². The predicted octanol–water partition coefficient (Wildman–Crippen LogP) is 2.77. The smallest absolute Gasteiger partial charge is 0.0638 e. The Labute approximate surface area is 116 Å². The molecule has 19 heavy (non-hydrogen) atoms. The van der Waals surface area contributed by atoms with Gasteiger partial charge in [-0.2, -0.15) is 5.26 Å². The zero-order chi connectivity index (χ0) is 14.0. The van der Waals surface area contributed by atoms with Gasteiger partial charge in [-0.3, -0.25) is 0 Å². The molecule has 0 radical (unpaired) electrons. The van der Waals surface area contributed by atoms with Crippen LogP contribution in [0.15, 0.2) is 18.2 Å². The fourth-order valence-corrected chi connectivity index (χ4v) is 2.94. The first-order chi connectivity index (χ1) is 8.93. The van der Waals surface area contributed by atoms with Gasteiger partial charge >= 0.3 is 0 Å². The fourth-order valence-electron chi connectivity index (χ4n) is 2.94. The van der Waals surface area contributed by atoms with Gasteiger partial charge in [0.05, 0.1) is 12.5 Å². The molecule has 1 aliphatic rings. The lowest BCUT2D eigenvalue weighted by atomic mass is 9.95. The third kappa shape index (κ3) is 3.08. The number of anilines is 1. The number of piperazine rings is 1. The molecule has 1 fully saturated rings. The van der Waals surface area contributed by atoms with Crippen LogP contribution in [0.3, 0.4) is 0 Å². The summed E-state index contributed by atoms with van der Waals surface area (Å²) in [5.74, 6) is 0. The summed E-state index contributed by atoms with van der Waals surface area (Å²) in [5, 5.41) is 12.5. The Morgan fingerprint density at radius 2 is 2.16 bits per heavy atom. The van der Waals surface area contributed by atoms with E-state index in [1.807, 2.05) is 0 Å². The quantitative estimate of drug-likeness (QED) is 0.885. The summed E-state index contributed by atoms with van der Waals surface area (Å²) in [7, 11) is 0. The van der Waals surface area contributed by atoms with Crippen molar-refractivity contribution < 1.29 is 0 Å². The minimum absolute atomic E-state index is 0.0377. The molecule has 1 N–H and O–H groups in total. The van der Waals surface area contributed by atoms with Crippen LogP contribution in [-0.4, -0.2) is 24.7 Å².